The molecule has 0 unspecified atom stereocenters. The summed E-state index contributed by atoms with van der Waals surface area (Å²) in [6.07, 6.45) is 0. The number of hydrogen-bond donors (Lipinski definition) is 1. The fourth-order valence-electron chi connectivity index (χ4n) is 3.22. The number of nitrogens with one attached hydrogen (secondary N) is 1. The summed E-state index contributed by atoms with van der Waals surface area (Å²) in [5.74, 6) is -0.405. The highest BCUT2D eigenvalue weighted by Crippen LogP contribution is 2.26. The molecule has 0 aliphatic rings. The molecule has 3 rings (SSSR count). The number of carbonyl (C=O) groups excluding carboxylic acids is 1. The molecular formula is C23H23IN2O3S. The van der Waals surface area contributed by atoms with Crippen LogP contribution < -0.4 is 9.62 Å². The second kappa shape index (κ2) is 9.18. The Labute approximate surface area is 191 Å². The van der Waals surface area contributed by atoms with Crippen molar-refractivity contribution >= 4 is 49.9 Å². The Morgan fingerprint density at radius 3 is 2.17 bits per heavy atom. The Balaban J connectivity index is 1.98. The van der Waals surface area contributed by atoms with Crippen molar-refractivity contribution < 1.29 is 13.2 Å². The minimum atomic E-state index is -3.92. The fraction of sp³-hybridized carbons (Fsp3) is 0.174. The number of nitrogens with zero attached hydrogens (tertiary/aromatic N) is 1. The molecule has 0 aliphatic carbocycles. The average Bonchev–Trinajstić information content (AvgIpc) is 2.68. The van der Waals surface area contributed by atoms with E-state index in [1.165, 1.54) is 16.4 Å². The molecule has 0 aromatic heterocycles. The van der Waals surface area contributed by atoms with Crippen molar-refractivity contribution in [1.82, 2.24) is 0 Å². The second-order valence-corrected chi connectivity index (χ2v) is 10.3. The number of amides is 1. The lowest BCUT2D eigenvalue weighted by molar-refractivity contribution is -0.114. The molecule has 156 valence electrons. The zero-order valence-corrected chi connectivity index (χ0v) is 20.0. The minimum absolute atomic E-state index is 0.141. The van der Waals surface area contributed by atoms with E-state index in [0.29, 0.717) is 11.4 Å². The lowest BCUT2D eigenvalue weighted by atomic mass is 10.1. The zero-order valence-electron chi connectivity index (χ0n) is 17.0. The highest BCUT2D eigenvalue weighted by Gasteiger charge is 2.27. The summed E-state index contributed by atoms with van der Waals surface area (Å²) in [7, 11) is -3.92. The smallest absolute Gasteiger partial charge is 0.264 e. The molecular weight excluding hydrogens is 511 g/mol. The van der Waals surface area contributed by atoms with Crippen LogP contribution in [0.5, 0.6) is 0 Å². The summed E-state index contributed by atoms with van der Waals surface area (Å²) in [5, 5.41) is 2.84. The van der Waals surface area contributed by atoms with Crippen molar-refractivity contribution in [1.29, 1.82) is 0 Å². The average molecular weight is 534 g/mol. The van der Waals surface area contributed by atoms with Gasteiger partial charge in [-0.2, -0.15) is 0 Å². The molecule has 0 aliphatic heterocycles. The quantitative estimate of drug-likeness (QED) is 0.451. The normalized spacial score (nSPS) is 11.2. The van der Waals surface area contributed by atoms with E-state index in [1.807, 2.05) is 45.0 Å². The largest absolute Gasteiger partial charge is 0.324 e. The summed E-state index contributed by atoms with van der Waals surface area (Å²) in [4.78, 5) is 13.0. The molecule has 0 heterocycles. The lowest BCUT2D eigenvalue weighted by Crippen LogP contribution is -2.38. The molecule has 3 aromatic rings. The van der Waals surface area contributed by atoms with Crippen LogP contribution in [0.4, 0.5) is 11.4 Å². The first-order valence-corrected chi connectivity index (χ1v) is 11.9. The summed E-state index contributed by atoms with van der Waals surface area (Å²) < 4.78 is 29.0. The Bertz CT molecular complexity index is 1160. The first-order valence-electron chi connectivity index (χ1n) is 9.39. The van der Waals surface area contributed by atoms with Gasteiger partial charge in [-0.3, -0.25) is 9.10 Å². The molecule has 7 heteroatoms. The number of aryl methyl sites for hydroxylation is 3. The molecule has 0 bridgehead atoms. The first kappa shape index (κ1) is 22.3. The van der Waals surface area contributed by atoms with Crippen LogP contribution in [0, 0.1) is 24.3 Å². The maximum absolute atomic E-state index is 13.4. The Kier molecular flexibility index (Phi) is 6.82. The van der Waals surface area contributed by atoms with Gasteiger partial charge in [-0.05, 0) is 103 Å². The van der Waals surface area contributed by atoms with E-state index in [-0.39, 0.29) is 11.4 Å². The maximum atomic E-state index is 13.4. The second-order valence-electron chi connectivity index (χ2n) is 7.18. The van der Waals surface area contributed by atoms with Crippen molar-refractivity contribution in [3.05, 3.63) is 87.0 Å². The summed E-state index contributed by atoms with van der Waals surface area (Å²) in [6, 6.07) is 19.3. The molecule has 1 N–H and O–H groups in total. The van der Waals surface area contributed by atoms with Gasteiger partial charge in [0.25, 0.3) is 10.0 Å². The number of halogens is 1. The Hall–Kier alpha value is -2.39. The minimum Gasteiger partial charge on any atom is -0.324 e. The van der Waals surface area contributed by atoms with Crippen LogP contribution in [0.3, 0.4) is 0 Å². The van der Waals surface area contributed by atoms with Gasteiger partial charge in [0.1, 0.15) is 6.54 Å². The van der Waals surface area contributed by atoms with Gasteiger partial charge >= 0.3 is 0 Å². The van der Waals surface area contributed by atoms with E-state index in [0.717, 1.165) is 20.3 Å². The SMILES string of the molecule is Cc1cc(C)cc(N(CC(=O)Nc2ccc(I)cc2C)S(=O)(=O)c2ccccc2)c1. The van der Waals surface area contributed by atoms with Gasteiger partial charge in [0.2, 0.25) is 5.91 Å². The highest BCUT2D eigenvalue weighted by molar-refractivity contribution is 14.1. The van der Waals surface area contributed by atoms with Crippen LogP contribution in [0.25, 0.3) is 0 Å². The van der Waals surface area contributed by atoms with Gasteiger partial charge in [0, 0.05) is 9.26 Å². The van der Waals surface area contributed by atoms with E-state index < -0.39 is 15.9 Å². The lowest BCUT2D eigenvalue weighted by Gasteiger charge is -2.25. The molecule has 0 saturated heterocycles. The topological polar surface area (TPSA) is 66.5 Å². The fourth-order valence-corrected chi connectivity index (χ4v) is 5.29. The van der Waals surface area contributed by atoms with Crippen LogP contribution in [0.2, 0.25) is 0 Å². The van der Waals surface area contributed by atoms with Gasteiger partial charge in [-0.1, -0.05) is 24.3 Å². The van der Waals surface area contributed by atoms with Crippen molar-refractivity contribution in [3.8, 4) is 0 Å². The molecule has 30 heavy (non-hydrogen) atoms. The Morgan fingerprint density at radius 2 is 1.57 bits per heavy atom. The number of hydrogen-bond acceptors (Lipinski definition) is 3. The number of rotatable bonds is 6. The van der Waals surface area contributed by atoms with Gasteiger partial charge < -0.3 is 5.32 Å². The number of sulfonamides is 1. The van der Waals surface area contributed by atoms with E-state index >= 15 is 0 Å². The van der Waals surface area contributed by atoms with Crippen LogP contribution in [0.1, 0.15) is 16.7 Å². The van der Waals surface area contributed by atoms with Gasteiger partial charge in [0.15, 0.2) is 0 Å². The van der Waals surface area contributed by atoms with Crippen molar-refractivity contribution in [2.75, 3.05) is 16.2 Å². The van der Waals surface area contributed by atoms with Gasteiger partial charge in [-0.25, -0.2) is 8.42 Å². The number of carbonyl (C=O) groups is 1. The van der Waals surface area contributed by atoms with E-state index in [1.54, 1.807) is 30.3 Å². The monoisotopic (exact) mass is 534 g/mol. The molecule has 0 saturated carbocycles. The molecule has 0 spiro atoms. The van der Waals surface area contributed by atoms with Crippen LogP contribution >= 0.6 is 22.6 Å². The zero-order chi connectivity index (χ0) is 21.9. The van der Waals surface area contributed by atoms with Crippen molar-refractivity contribution in [2.24, 2.45) is 0 Å². The number of benzene rings is 3. The predicted molar refractivity (Wildman–Crippen MR) is 129 cm³/mol. The molecule has 0 fully saturated rings. The molecule has 3 aromatic carbocycles. The third-order valence-electron chi connectivity index (χ3n) is 4.58. The molecule has 5 nitrogen and oxygen atoms in total. The van der Waals surface area contributed by atoms with Gasteiger partial charge in [0.05, 0.1) is 10.6 Å². The first-order chi connectivity index (χ1) is 14.2. The van der Waals surface area contributed by atoms with Crippen LogP contribution in [0.15, 0.2) is 71.6 Å². The van der Waals surface area contributed by atoms with Gasteiger partial charge in [-0.15, -0.1) is 0 Å². The van der Waals surface area contributed by atoms with Crippen molar-refractivity contribution in [3.63, 3.8) is 0 Å². The third-order valence-corrected chi connectivity index (χ3v) is 7.03. The highest BCUT2D eigenvalue weighted by atomic mass is 127. The maximum Gasteiger partial charge on any atom is 0.264 e. The van der Waals surface area contributed by atoms with Crippen LogP contribution in [-0.4, -0.2) is 20.9 Å². The van der Waals surface area contributed by atoms with E-state index in [9.17, 15) is 13.2 Å². The summed E-state index contributed by atoms with van der Waals surface area (Å²) in [6.45, 7) is 5.38. The number of anilines is 2. The molecule has 0 atom stereocenters. The standard InChI is InChI=1S/C23H23IN2O3S/c1-16-11-17(2)13-20(12-16)26(30(28,29)21-7-5-4-6-8-21)15-23(27)25-22-10-9-19(24)14-18(22)3/h4-14H,15H2,1-3H3,(H,25,27). The van der Waals surface area contributed by atoms with E-state index in [4.69, 9.17) is 0 Å². The summed E-state index contributed by atoms with van der Waals surface area (Å²) >= 11 is 2.21. The van der Waals surface area contributed by atoms with Crippen LogP contribution in [-0.2, 0) is 14.8 Å². The molecule has 1 amide bonds. The third kappa shape index (κ3) is 5.20. The molecule has 0 radical (unpaired) electrons. The van der Waals surface area contributed by atoms with E-state index in [2.05, 4.69) is 27.9 Å². The Morgan fingerprint density at radius 1 is 0.933 bits per heavy atom. The predicted octanol–water partition coefficient (Wildman–Crippen LogP) is 5.05. The van der Waals surface area contributed by atoms with Crippen molar-refractivity contribution in [2.45, 2.75) is 25.7 Å². The summed E-state index contributed by atoms with van der Waals surface area (Å²) in [5.41, 5.74) is 3.89.